The van der Waals surface area contributed by atoms with E-state index in [0.717, 1.165) is 5.56 Å². The number of rotatable bonds is 8. The van der Waals surface area contributed by atoms with E-state index in [1.165, 1.54) is 31.4 Å². The molecule has 0 saturated heterocycles. The first-order chi connectivity index (χ1) is 15.9. The Morgan fingerprint density at radius 1 is 1.18 bits per heavy atom. The number of nitro benzene ring substituents is 1. The number of nitrogens with zero attached hydrogens (tertiary/aromatic N) is 2. The Labute approximate surface area is 194 Å². The average molecular weight is 464 g/mol. The summed E-state index contributed by atoms with van der Waals surface area (Å²) in [6, 6.07) is 20.2. The van der Waals surface area contributed by atoms with Gasteiger partial charge in [-0.05, 0) is 41.5 Å². The maximum absolute atomic E-state index is 12.6. The van der Waals surface area contributed by atoms with Gasteiger partial charge in [-0.15, -0.1) is 0 Å². The highest BCUT2D eigenvalue weighted by molar-refractivity contribution is 6.32. The third-order valence-corrected chi connectivity index (χ3v) is 4.81. The zero-order valence-corrected chi connectivity index (χ0v) is 18.2. The Morgan fingerprint density at radius 2 is 1.94 bits per heavy atom. The summed E-state index contributed by atoms with van der Waals surface area (Å²) in [6.07, 6.45) is 1.33. The molecule has 3 aromatic rings. The van der Waals surface area contributed by atoms with Gasteiger partial charge in [-0.25, -0.2) is 0 Å². The average Bonchev–Trinajstić information content (AvgIpc) is 2.82. The van der Waals surface area contributed by atoms with E-state index in [2.05, 4.69) is 5.32 Å². The van der Waals surface area contributed by atoms with Crippen molar-refractivity contribution in [2.45, 2.75) is 6.61 Å². The first-order valence-electron chi connectivity index (χ1n) is 9.63. The zero-order valence-electron chi connectivity index (χ0n) is 17.4. The highest BCUT2D eigenvalue weighted by atomic mass is 35.5. The molecule has 0 aromatic heterocycles. The largest absolute Gasteiger partial charge is 0.496 e. The van der Waals surface area contributed by atoms with E-state index >= 15 is 0 Å². The minimum atomic E-state index is -0.800. The Kier molecular flexibility index (Phi) is 7.63. The number of nitro groups is 1. The number of halogens is 1. The Hall–Kier alpha value is -4.35. The molecule has 0 aliphatic heterocycles. The summed E-state index contributed by atoms with van der Waals surface area (Å²) < 4.78 is 10.7. The number of amides is 1. The SMILES string of the molecule is COc1ccc(NC(=O)/C(C#N)=C/c2ccc(OCc3ccccc3)c(Cl)c2)c([N+](=O)[O-])c1. The predicted molar refractivity (Wildman–Crippen MR) is 124 cm³/mol. The van der Waals surface area contributed by atoms with Crippen LogP contribution in [-0.2, 0) is 11.4 Å². The molecule has 0 atom stereocenters. The van der Waals surface area contributed by atoms with Crippen molar-refractivity contribution in [1.82, 2.24) is 0 Å². The normalized spacial score (nSPS) is 10.8. The van der Waals surface area contributed by atoms with Gasteiger partial charge >= 0.3 is 0 Å². The number of nitriles is 1. The number of carbonyl (C=O) groups excluding carboxylic acids is 1. The van der Waals surface area contributed by atoms with Gasteiger partial charge in [-0.1, -0.05) is 48.0 Å². The lowest BCUT2D eigenvalue weighted by Gasteiger charge is -2.09. The summed E-state index contributed by atoms with van der Waals surface area (Å²) in [4.78, 5) is 23.2. The smallest absolute Gasteiger partial charge is 0.296 e. The van der Waals surface area contributed by atoms with Gasteiger partial charge in [-0.2, -0.15) is 5.26 Å². The maximum atomic E-state index is 12.6. The molecule has 1 N–H and O–H groups in total. The molecule has 0 radical (unpaired) electrons. The first-order valence-corrected chi connectivity index (χ1v) is 10.0. The summed E-state index contributed by atoms with van der Waals surface area (Å²) in [7, 11) is 1.37. The molecule has 166 valence electrons. The zero-order chi connectivity index (χ0) is 23.8. The van der Waals surface area contributed by atoms with E-state index in [0.29, 0.717) is 22.9 Å². The molecule has 3 aromatic carbocycles. The van der Waals surface area contributed by atoms with Gasteiger partial charge in [0.05, 0.1) is 23.1 Å². The number of ether oxygens (including phenoxy) is 2. The number of hydrogen-bond donors (Lipinski definition) is 1. The van der Waals surface area contributed by atoms with Gasteiger partial charge in [0.15, 0.2) is 0 Å². The highest BCUT2D eigenvalue weighted by Gasteiger charge is 2.19. The molecule has 0 aliphatic carbocycles. The molecular formula is C24H18ClN3O5. The molecule has 0 saturated carbocycles. The molecule has 1 amide bonds. The minimum Gasteiger partial charge on any atom is -0.496 e. The molecular weight excluding hydrogens is 446 g/mol. The van der Waals surface area contributed by atoms with E-state index in [1.807, 2.05) is 30.3 Å². The number of anilines is 1. The molecule has 0 aliphatic rings. The minimum absolute atomic E-state index is 0.0605. The molecule has 9 heteroatoms. The summed E-state index contributed by atoms with van der Waals surface area (Å²) in [5.74, 6) is -0.0826. The Morgan fingerprint density at radius 3 is 2.58 bits per heavy atom. The van der Waals surface area contributed by atoms with Crippen molar-refractivity contribution in [3.8, 4) is 17.6 Å². The van der Waals surface area contributed by atoms with Crippen molar-refractivity contribution < 1.29 is 19.2 Å². The van der Waals surface area contributed by atoms with Crippen LogP contribution < -0.4 is 14.8 Å². The second-order valence-electron chi connectivity index (χ2n) is 6.73. The molecule has 0 unspecified atom stereocenters. The fraction of sp³-hybridized carbons (Fsp3) is 0.0833. The van der Waals surface area contributed by atoms with Crippen LogP contribution in [0.25, 0.3) is 6.08 Å². The summed E-state index contributed by atoms with van der Waals surface area (Å²) in [5, 5.41) is 23.5. The van der Waals surface area contributed by atoms with Crippen LogP contribution in [0, 0.1) is 21.4 Å². The van der Waals surface area contributed by atoms with Crippen LogP contribution in [0.3, 0.4) is 0 Å². The third kappa shape index (κ3) is 6.09. The standard InChI is InChI=1S/C24H18ClN3O5/c1-32-19-8-9-21(22(13-19)28(30)31)27-24(29)18(14-26)11-17-7-10-23(20(25)12-17)33-15-16-5-3-2-4-6-16/h2-13H,15H2,1H3,(H,27,29)/b18-11+. The number of benzene rings is 3. The quantitative estimate of drug-likeness (QED) is 0.207. The van der Waals surface area contributed by atoms with Crippen LogP contribution in [0.2, 0.25) is 5.02 Å². The van der Waals surface area contributed by atoms with Gasteiger partial charge in [0.2, 0.25) is 0 Å². The van der Waals surface area contributed by atoms with Crippen LogP contribution in [0.15, 0.2) is 72.3 Å². The molecule has 3 rings (SSSR count). The molecule has 8 nitrogen and oxygen atoms in total. The topological polar surface area (TPSA) is 114 Å². The lowest BCUT2D eigenvalue weighted by atomic mass is 10.1. The lowest BCUT2D eigenvalue weighted by Crippen LogP contribution is -2.14. The van der Waals surface area contributed by atoms with Gasteiger partial charge in [-0.3, -0.25) is 14.9 Å². The van der Waals surface area contributed by atoms with Gasteiger partial charge in [0.1, 0.15) is 35.4 Å². The molecule has 0 fully saturated rings. The van der Waals surface area contributed by atoms with E-state index in [4.69, 9.17) is 21.1 Å². The van der Waals surface area contributed by atoms with Gasteiger partial charge in [0, 0.05) is 0 Å². The van der Waals surface area contributed by atoms with E-state index < -0.39 is 10.8 Å². The number of carbonyl (C=O) groups is 1. The monoisotopic (exact) mass is 463 g/mol. The fourth-order valence-corrected chi connectivity index (χ4v) is 3.10. The van der Waals surface area contributed by atoms with Crippen molar-refractivity contribution in [3.05, 3.63) is 98.6 Å². The first kappa shape index (κ1) is 23.3. The fourth-order valence-electron chi connectivity index (χ4n) is 2.86. The van der Waals surface area contributed by atoms with Crippen molar-refractivity contribution >= 4 is 35.0 Å². The van der Waals surface area contributed by atoms with Crippen LogP contribution in [-0.4, -0.2) is 17.9 Å². The second-order valence-corrected chi connectivity index (χ2v) is 7.14. The van der Waals surface area contributed by atoms with Crippen LogP contribution >= 0.6 is 11.6 Å². The number of methoxy groups -OCH3 is 1. The summed E-state index contributed by atoms with van der Waals surface area (Å²) in [5.41, 5.74) is 0.795. The predicted octanol–water partition coefficient (Wildman–Crippen LogP) is 5.38. The van der Waals surface area contributed by atoms with E-state index in [-0.39, 0.29) is 22.7 Å². The second kappa shape index (κ2) is 10.8. The van der Waals surface area contributed by atoms with Crippen LogP contribution in [0.4, 0.5) is 11.4 Å². The number of nitrogens with one attached hydrogen (secondary N) is 1. The molecule has 0 heterocycles. The molecule has 0 spiro atoms. The Bertz CT molecular complexity index is 1250. The van der Waals surface area contributed by atoms with Crippen molar-refractivity contribution in [3.63, 3.8) is 0 Å². The van der Waals surface area contributed by atoms with Crippen molar-refractivity contribution in [1.29, 1.82) is 5.26 Å². The summed E-state index contributed by atoms with van der Waals surface area (Å²) >= 11 is 6.29. The molecule has 0 bridgehead atoms. The highest BCUT2D eigenvalue weighted by Crippen LogP contribution is 2.30. The van der Waals surface area contributed by atoms with Crippen molar-refractivity contribution in [2.75, 3.05) is 12.4 Å². The van der Waals surface area contributed by atoms with E-state index in [1.54, 1.807) is 24.3 Å². The Balaban J connectivity index is 1.76. The van der Waals surface area contributed by atoms with Gasteiger partial charge < -0.3 is 14.8 Å². The van der Waals surface area contributed by atoms with E-state index in [9.17, 15) is 20.2 Å². The number of hydrogen-bond acceptors (Lipinski definition) is 6. The van der Waals surface area contributed by atoms with Gasteiger partial charge in [0.25, 0.3) is 11.6 Å². The maximum Gasteiger partial charge on any atom is 0.296 e. The van der Waals surface area contributed by atoms with Crippen LogP contribution in [0.1, 0.15) is 11.1 Å². The molecule has 33 heavy (non-hydrogen) atoms. The lowest BCUT2D eigenvalue weighted by molar-refractivity contribution is -0.384. The van der Waals surface area contributed by atoms with Crippen molar-refractivity contribution in [2.24, 2.45) is 0 Å². The summed E-state index contributed by atoms with van der Waals surface area (Å²) in [6.45, 7) is 0.336. The third-order valence-electron chi connectivity index (χ3n) is 4.52. The van der Waals surface area contributed by atoms with Crippen LogP contribution in [0.5, 0.6) is 11.5 Å².